The Balaban J connectivity index is 1.83. The van der Waals surface area contributed by atoms with Crippen LogP contribution in [0, 0.1) is 5.82 Å². The van der Waals surface area contributed by atoms with Crippen molar-refractivity contribution in [1.29, 1.82) is 0 Å². The van der Waals surface area contributed by atoms with Gasteiger partial charge in [0.1, 0.15) is 5.82 Å². The third-order valence-corrected chi connectivity index (χ3v) is 3.57. The van der Waals surface area contributed by atoms with E-state index in [4.69, 9.17) is 4.74 Å². The van der Waals surface area contributed by atoms with E-state index in [1.54, 1.807) is 30.9 Å². The van der Waals surface area contributed by atoms with Gasteiger partial charge in [-0.05, 0) is 29.8 Å². The molecule has 0 aliphatic heterocycles. The fourth-order valence-corrected chi connectivity index (χ4v) is 2.39. The van der Waals surface area contributed by atoms with Crippen LogP contribution in [-0.4, -0.2) is 26.8 Å². The van der Waals surface area contributed by atoms with E-state index >= 15 is 0 Å². The molecular weight excluding hydrogens is 297 g/mol. The Morgan fingerprint density at radius 1 is 1.30 bits per heavy atom. The van der Waals surface area contributed by atoms with E-state index in [2.05, 4.69) is 9.97 Å². The molecule has 0 spiro atoms. The monoisotopic (exact) mass is 313 g/mol. The fraction of sp³-hybridized carbons (Fsp3) is 0.176. The zero-order valence-corrected chi connectivity index (χ0v) is 12.6. The van der Waals surface area contributed by atoms with Crippen LogP contribution in [0.5, 0.6) is 5.75 Å². The maximum absolute atomic E-state index is 13.8. The maximum atomic E-state index is 13.8. The van der Waals surface area contributed by atoms with E-state index < -0.39 is 11.9 Å². The van der Waals surface area contributed by atoms with Gasteiger partial charge in [-0.15, -0.1) is 0 Å². The number of hydrogen-bond donors (Lipinski definition) is 1. The summed E-state index contributed by atoms with van der Waals surface area (Å²) < 4.78 is 20.5. The predicted octanol–water partition coefficient (Wildman–Crippen LogP) is 2.83. The molecule has 3 aromatic rings. The van der Waals surface area contributed by atoms with Crippen LogP contribution in [0.2, 0.25) is 0 Å². The molecule has 0 aliphatic rings. The normalized spacial score (nSPS) is 12.1. The molecule has 0 aliphatic carbocycles. The number of rotatable bonds is 5. The molecule has 0 saturated heterocycles. The van der Waals surface area contributed by atoms with Gasteiger partial charge in [-0.25, -0.2) is 9.37 Å². The predicted molar refractivity (Wildman–Crippen MR) is 83.4 cm³/mol. The topological polar surface area (TPSA) is 60.2 Å². The van der Waals surface area contributed by atoms with Crippen LogP contribution in [-0.2, 0) is 6.54 Å². The van der Waals surface area contributed by atoms with Crippen molar-refractivity contribution in [3.63, 3.8) is 0 Å². The molecule has 0 fully saturated rings. The van der Waals surface area contributed by atoms with E-state index in [0.717, 1.165) is 5.56 Å². The van der Waals surface area contributed by atoms with Crippen molar-refractivity contribution in [1.82, 2.24) is 14.5 Å². The van der Waals surface area contributed by atoms with Crippen molar-refractivity contribution in [2.24, 2.45) is 0 Å². The average Bonchev–Trinajstić information content (AvgIpc) is 3.03. The highest BCUT2D eigenvalue weighted by Gasteiger charge is 2.14. The third kappa shape index (κ3) is 3.22. The van der Waals surface area contributed by atoms with E-state index in [-0.39, 0.29) is 12.3 Å². The third-order valence-electron chi connectivity index (χ3n) is 3.57. The number of aromatic nitrogens is 3. The first-order valence-corrected chi connectivity index (χ1v) is 7.12. The van der Waals surface area contributed by atoms with Crippen molar-refractivity contribution in [2.45, 2.75) is 12.6 Å². The highest BCUT2D eigenvalue weighted by molar-refractivity contribution is 5.53. The highest BCUT2D eigenvalue weighted by Crippen LogP contribution is 2.24. The summed E-state index contributed by atoms with van der Waals surface area (Å²) in [6, 6.07) is 8.15. The van der Waals surface area contributed by atoms with Crippen LogP contribution in [0.25, 0.3) is 11.4 Å². The Bertz CT molecular complexity index is 790. The number of aliphatic hydroxyl groups excluding tert-OH is 1. The average molecular weight is 313 g/mol. The number of pyridine rings is 1. The van der Waals surface area contributed by atoms with E-state index in [1.165, 1.54) is 19.2 Å². The van der Waals surface area contributed by atoms with E-state index in [1.807, 2.05) is 16.7 Å². The lowest BCUT2D eigenvalue weighted by Crippen LogP contribution is -2.10. The van der Waals surface area contributed by atoms with Crippen molar-refractivity contribution in [3.05, 3.63) is 66.5 Å². The Kier molecular flexibility index (Phi) is 4.34. The molecule has 6 heteroatoms. The Morgan fingerprint density at radius 3 is 2.87 bits per heavy atom. The summed E-state index contributed by atoms with van der Waals surface area (Å²) in [5.41, 5.74) is 1.33. The quantitative estimate of drug-likeness (QED) is 0.787. The largest absolute Gasteiger partial charge is 0.494 e. The van der Waals surface area contributed by atoms with Crippen molar-refractivity contribution in [3.8, 4) is 17.1 Å². The summed E-state index contributed by atoms with van der Waals surface area (Å²) in [7, 11) is 1.40. The Labute approximate surface area is 133 Å². The zero-order chi connectivity index (χ0) is 16.2. The fourth-order valence-electron chi connectivity index (χ4n) is 2.39. The molecule has 2 heterocycles. The molecule has 2 aromatic heterocycles. The molecule has 3 rings (SSSR count). The van der Waals surface area contributed by atoms with Crippen LogP contribution >= 0.6 is 0 Å². The number of ether oxygens (including phenoxy) is 1. The second kappa shape index (κ2) is 6.58. The first-order valence-electron chi connectivity index (χ1n) is 7.12. The first-order chi connectivity index (χ1) is 11.2. The first kappa shape index (κ1) is 15.2. The zero-order valence-electron chi connectivity index (χ0n) is 12.6. The number of aliphatic hydroxyl groups is 1. The van der Waals surface area contributed by atoms with Crippen LogP contribution in [0.3, 0.4) is 0 Å². The van der Waals surface area contributed by atoms with Gasteiger partial charge in [-0.2, -0.15) is 0 Å². The summed E-state index contributed by atoms with van der Waals surface area (Å²) in [4.78, 5) is 8.37. The van der Waals surface area contributed by atoms with Gasteiger partial charge in [0.15, 0.2) is 11.6 Å². The molecule has 1 N–H and O–H groups in total. The van der Waals surface area contributed by atoms with Gasteiger partial charge >= 0.3 is 0 Å². The highest BCUT2D eigenvalue weighted by atomic mass is 19.1. The standard InChI is InChI=1S/C17H16FN3O2/c1-23-16-5-4-12(9-14(16)18)15(22)11-21-8-7-20-17(21)13-3-2-6-19-10-13/h2-10,15,22H,11H2,1H3. The summed E-state index contributed by atoms with van der Waals surface area (Å²) >= 11 is 0. The minimum Gasteiger partial charge on any atom is -0.494 e. The molecule has 1 atom stereocenters. The van der Waals surface area contributed by atoms with Gasteiger partial charge in [0.2, 0.25) is 0 Å². The van der Waals surface area contributed by atoms with Crippen LogP contribution in [0.15, 0.2) is 55.1 Å². The lowest BCUT2D eigenvalue weighted by Gasteiger charge is -2.15. The lowest BCUT2D eigenvalue weighted by molar-refractivity contribution is 0.156. The summed E-state index contributed by atoms with van der Waals surface area (Å²) in [5.74, 6) is 0.355. The van der Waals surface area contributed by atoms with Gasteiger partial charge in [-0.3, -0.25) is 4.98 Å². The summed E-state index contributed by atoms with van der Waals surface area (Å²) in [5, 5.41) is 10.4. The molecule has 0 radical (unpaired) electrons. The number of hydrogen-bond acceptors (Lipinski definition) is 4. The molecule has 5 nitrogen and oxygen atoms in total. The minimum atomic E-state index is -0.861. The van der Waals surface area contributed by atoms with Crippen molar-refractivity contribution >= 4 is 0 Å². The number of halogens is 1. The molecule has 0 bridgehead atoms. The SMILES string of the molecule is COc1ccc(C(O)Cn2ccnc2-c2cccnc2)cc1F. The van der Waals surface area contributed by atoms with Gasteiger partial charge < -0.3 is 14.4 Å². The molecular formula is C17H16FN3O2. The molecule has 1 unspecified atom stereocenters. The number of benzene rings is 1. The van der Waals surface area contributed by atoms with Crippen molar-refractivity contribution < 1.29 is 14.2 Å². The van der Waals surface area contributed by atoms with Gasteiger partial charge in [0, 0.05) is 30.4 Å². The molecule has 23 heavy (non-hydrogen) atoms. The Hall–Kier alpha value is -2.73. The minimum absolute atomic E-state index is 0.152. The maximum Gasteiger partial charge on any atom is 0.165 e. The molecule has 1 aromatic carbocycles. The van der Waals surface area contributed by atoms with Gasteiger partial charge in [0.05, 0.1) is 19.8 Å². The number of imidazole rings is 1. The van der Waals surface area contributed by atoms with Crippen LogP contribution in [0.4, 0.5) is 4.39 Å². The summed E-state index contributed by atoms with van der Waals surface area (Å²) in [6.07, 6.45) is 5.96. The van der Waals surface area contributed by atoms with E-state index in [9.17, 15) is 9.50 Å². The number of methoxy groups -OCH3 is 1. The Morgan fingerprint density at radius 2 is 2.17 bits per heavy atom. The van der Waals surface area contributed by atoms with Gasteiger partial charge in [-0.1, -0.05) is 6.07 Å². The van der Waals surface area contributed by atoms with Crippen molar-refractivity contribution in [2.75, 3.05) is 7.11 Å². The van der Waals surface area contributed by atoms with Crippen LogP contribution in [0.1, 0.15) is 11.7 Å². The number of nitrogens with zero attached hydrogens (tertiary/aromatic N) is 3. The second-order valence-corrected chi connectivity index (χ2v) is 5.05. The van der Waals surface area contributed by atoms with Gasteiger partial charge in [0.25, 0.3) is 0 Å². The molecule has 0 amide bonds. The summed E-state index contributed by atoms with van der Waals surface area (Å²) in [6.45, 7) is 0.260. The molecule has 118 valence electrons. The molecule has 0 saturated carbocycles. The second-order valence-electron chi connectivity index (χ2n) is 5.05. The van der Waals surface area contributed by atoms with E-state index in [0.29, 0.717) is 11.4 Å². The van der Waals surface area contributed by atoms with Crippen LogP contribution < -0.4 is 4.74 Å². The smallest absolute Gasteiger partial charge is 0.165 e. The lowest BCUT2D eigenvalue weighted by atomic mass is 10.1.